The number of hydrogen-bond donors (Lipinski definition) is 1. The van der Waals surface area contributed by atoms with Gasteiger partial charge in [0.2, 0.25) is 0 Å². The minimum Gasteiger partial charge on any atom is -0.390 e. The van der Waals surface area contributed by atoms with Crippen LogP contribution in [-0.4, -0.2) is 6.34 Å². The Morgan fingerprint density at radius 1 is 1.18 bits per heavy atom. The van der Waals surface area contributed by atoms with Gasteiger partial charge in [0.05, 0.1) is 6.34 Å². The molecule has 2 nitrogen and oxygen atoms in total. The molecule has 0 spiro atoms. The molecule has 0 aliphatic rings. The highest BCUT2D eigenvalue weighted by molar-refractivity contribution is 5.52. The topological polar surface area (TPSA) is 38.4 Å². The Labute approximate surface area is 70.5 Å². The van der Waals surface area contributed by atoms with E-state index in [4.69, 9.17) is 5.73 Å². The SMILES string of the molecule is C=C/C=C\N=CN.CC.CC. The lowest BCUT2D eigenvalue weighted by Gasteiger charge is -1.67. The zero-order valence-electron chi connectivity index (χ0n) is 8.04. The second-order valence-electron chi connectivity index (χ2n) is 0.875. The molecule has 0 aromatic rings. The molecule has 0 saturated carbocycles. The maximum atomic E-state index is 4.89. The van der Waals surface area contributed by atoms with Crippen molar-refractivity contribution >= 4 is 6.34 Å². The Morgan fingerprint density at radius 3 is 1.91 bits per heavy atom. The van der Waals surface area contributed by atoms with Gasteiger partial charge in [0.25, 0.3) is 0 Å². The van der Waals surface area contributed by atoms with E-state index in [0.29, 0.717) is 0 Å². The number of nitrogens with zero attached hydrogens (tertiary/aromatic N) is 1. The average Bonchev–Trinajstić information content (AvgIpc) is 2.13. The van der Waals surface area contributed by atoms with E-state index in [1.54, 1.807) is 18.4 Å². The minimum atomic E-state index is 1.22. The van der Waals surface area contributed by atoms with E-state index in [9.17, 15) is 0 Å². The van der Waals surface area contributed by atoms with Gasteiger partial charge < -0.3 is 5.73 Å². The quantitative estimate of drug-likeness (QED) is 0.372. The fraction of sp³-hybridized carbons (Fsp3) is 0.444. The number of allylic oxidation sites excluding steroid dienone is 2. The molecular weight excluding hydrogens is 136 g/mol. The molecule has 0 bridgehead atoms. The normalized spacial score (nSPS) is 8.00. The van der Waals surface area contributed by atoms with Gasteiger partial charge in [0.1, 0.15) is 0 Å². The molecule has 0 fully saturated rings. The molecule has 0 aliphatic carbocycles. The zero-order valence-corrected chi connectivity index (χ0v) is 8.04. The number of aliphatic imine (C=N–C) groups is 1. The summed E-state index contributed by atoms with van der Waals surface area (Å²) >= 11 is 0. The summed E-state index contributed by atoms with van der Waals surface area (Å²) in [5, 5.41) is 0. The van der Waals surface area contributed by atoms with Crippen LogP contribution in [0.2, 0.25) is 0 Å². The highest BCUT2D eigenvalue weighted by Gasteiger charge is 1.51. The molecular formula is C9H20N2. The van der Waals surface area contributed by atoms with Crippen molar-refractivity contribution in [3.05, 3.63) is 24.9 Å². The number of nitrogens with two attached hydrogens (primary N) is 1. The molecule has 0 heterocycles. The summed E-state index contributed by atoms with van der Waals surface area (Å²) in [5.74, 6) is 0. The van der Waals surface area contributed by atoms with Crippen LogP contribution in [0.5, 0.6) is 0 Å². The second-order valence-corrected chi connectivity index (χ2v) is 0.875. The standard InChI is InChI=1S/C5H8N2.2C2H6/c1-2-3-4-7-5-6;2*1-2/h2-5H,1H2,(H2,6,7);2*1-2H3/b4-3-;;. The molecule has 0 saturated heterocycles. The fourth-order valence-corrected chi connectivity index (χ4v) is 0.160. The molecule has 0 amide bonds. The lowest BCUT2D eigenvalue weighted by atomic mass is 10.6. The van der Waals surface area contributed by atoms with Gasteiger partial charge in [-0.2, -0.15) is 0 Å². The van der Waals surface area contributed by atoms with Gasteiger partial charge >= 0.3 is 0 Å². The third-order valence-corrected chi connectivity index (χ3v) is 0.394. The summed E-state index contributed by atoms with van der Waals surface area (Å²) in [6.07, 6.45) is 6.11. The Kier molecular flexibility index (Phi) is 54.4. The predicted molar refractivity (Wildman–Crippen MR) is 54.7 cm³/mol. The van der Waals surface area contributed by atoms with Crippen LogP contribution in [0.3, 0.4) is 0 Å². The van der Waals surface area contributed by atoms with Crippen LogP contribution in [0, 0.1) is 0 Å². The molecule has 0 radical (unpaired) electrons. The van der Waals surface area contributed by atoms with Crippen LogP contribution in [0.15, 0.2) is 29.9 Å². The van der Waals surface area contributed by atoms with E-state index in [2.05, 4.69) is 11.6 Å². The van der Waals surface area contributed by atoms with Gasteiger partial charge in [-0.1, -0.05) is 40.3 Å². The molecule has 2 heteroatoms. The molecule has 0 atom stereocenters. The van der Waals surface area contributed by atoms with E-state index >= 15 is 0 Å². The summed E-state index contributed by atoms with van der Waals surface area (Å²) in [4.78, 5) is 3.56. The Bertz CT molecular complexity index is 93.7. The second kappa shape index (κ2) is 36.3. The molecule has 0 aromatic carbocycles. The van der Waals surface area contributed by atoms with E-state index in [-0.39, 0.29) is 0 Å². The highest BCUT2D eigenvalue weighted by atomic mass is 14.8. The van der Waals surface area contributed by atoms with Crippen molar-refractivity contribution in [2.75, 3.05) is 0 Å². The minimum absolute atomic E-state index is 1.22. The maximum Gasteiger partial charge on any atom is 0.0852 e. The van der Waals surface area contributed by atoms with E-state index < -0.39 is 0 Å². The fourth-order valence-electron chi connectivity index (χ4n) is 0.160. The summed E-state index contributed by atoms with van der Waals surface area (Å²) in [6, 6.07) is 0. The summed E-state index contributed by atoms with van der Waals surface area (Å²) in [6.45, 7) is 11.4. The molecule has 2 N–H and O–H groups in total. The van der Waals surface area contributed by atoms with E-state index in [0.717, 1.165) is 0 Å². The Hall–Kier alpha value is -1.05. The van der Waals surface area contributed by atoms with Gasteiger partial charge in [-0.15, -0.1) is 0 Å². The third-order valence-electron chi connectivity index (χ3n) is 0.394. The van der Waals surface area contributed by atoms with Gasteiger partial charge in [-0.25, -0.2) is 4.99 Å². The van der Waals surface area contributed by atoms with Crippen LogP contribution < -0.4 is 5.73 Å². The first kappa shape index (κ1) is 16.5. The molecule has 11 heavy (non-hydrogen) atoms. The van der Waals surface area contributed by atoms with Crippen LogP contribution in [0.1, 0.15) is 27.7 Å². The van der Waals surface area contributed by atoms with Crippen molar-refractivity contribution in [1.29, 1.82) is 0 Å². The Morgan fingerprint density at radius 2 is 1.64 bits per heavy atom. The van der Waals surface area contributed by atoms with Gasteiger partial charge in [0, 0.05) is 6.20 Å². The van der Waals surface area contributed by atoms with E-state index in [1.165, 1.54) is 6.34 Å². The van der Waals surface area contributed by atoms with Gasteiger partial charge in [0.15, 0.2) is 0 Å². The van der Waals surface area contributed by atoms with Crippen molar-refractivity contribution in [2.24, 2.45) is 10.7 Å². The van der Waals surface area contributed by atoms with Crippen molar-refractivity contribution in [1.82, 2.24) is 0 Å². The lowest BCUT2D eigenvalue weighted by molar-refractivity contribution is 1.50. The van der Waals surface area contributed by atoms with Crippen molar-refractivity contribution in [2.45, 2.75) is 27.7 Å². The predicted octanol–water partition coefficient (Wildman–Crippen LogP) is 2.73. The van der Waals surface area contributed by atoms with Crippen molar-refractivity contribution in [3.8, 4) is 0 Å². The van der Waals surface area contributed by atoms with Gasteiger partial charge in [-0.05, 0) is 6.08 Å². The van der Waals surface area contributed by atoms with Crippen LogP contribution in [0.25, 0.3) is 0 Å². The number of rotatable bonds is 2. The van der Waals surface area contributed by atoms with E-state index in [1.807, 2.05) is 27.7 Å². The van der Waals surface area contributed by atoms with Crippen LogP contribution in [-0.2, 0) is 0 Å². The molecule has 0 aromatic heterocycles. The largest absolute Gasteiger partial charge is 0.390 e. The molecule has 0 aliphatic heterocycles. The number of hydrogen-bond acceptors (Lipinski definition) is 1. The summed E-state index contributed by atoms with van der Waals surface area (Å²) < 4.78 is 0. The summed E-state index contributed by atoms with van der Waals surface area (Å²) in [5.41, 5.74) is 4.89. The monoisotopic (exact) mass is 156 g/mol. The maximum absolute atomic E-state index is 4.89. The molecule has 0 unspecified atom stereocenters. The zero-order chi connectivity index (χ0) is 9.54. The lowest BCUT2D eigenvalue weighted by Crippen LogP contribution is -1.84. The van der Waals surface area contributed by atoms with Crippen molar-refractivity contribution in [3.63, 3.8) is 0 Å². The molecule has 66 valence electrons. The van der Waals surface area contributed by atoms with Crippen LogP contribution >= 0.6 is 0 Å². The third kappa shape index (κ3) is 49.7. The smallest absolute Gasteiger partial charge is 0.0852 e. The first-order chi connectivity index (χ1) is 5.41. The average molecular weight is 156 g/mol. The Balaban J connectivity index is -0.000000138. The first-order valence-electron chi connectivity index (χ1n) is 3.92. The summed E-state index contributed by atoms with van der Waals surface area (Å²) in [7, 11) is 0. The van der Waals surface area contributed by atoms with Gasteiger partial charge in [-0.3, -0.25) is 0 Å². The first-order valence-corrected chi connectivity index (χ1v) is 3.92. The van der Waals surface area contributed by atoms with Crippen LogP contribution in [0.4, 0.5) is 0 Å². The molecule has 0 rings (SSSR count). The highest BCUT2D eigenvalue weighted by Crippen LogP contribution is 1.70. The van der Waals surface area contributed by atoms with Crippen molar-refractivity contribution < 1.29 is 0 Å².